The minimum absolute atomic E-state index is 0.335. The Morgan fingerprint density at radius 1 is 1.19 bits per heavy atom. The first-order chi connectivity index (χ1) is 10.0. The monoisotopic (exact) mass is 301 g/mol. The van der Waals surface area contributed by atoms with Crippen LogP contribution in [-0.2, 0) is 6.42 Å². The van der Waals surface area contributed by atoms with Crippen molar-refractivity contribution in [3.8, 4) is 0 Å². The molecule has 3 rings (SSSR count). The predicted octanol–water partition coefficient (Wildman–Crippen LogP) is 4.09. The fourth-order valence-corrected chi connectivity index (χ4v) is 3.30. The van der Waals surface area contributed by atoms with E-state index in [0.29, 0.717) is 6.04 Å². The molecule has 0 saturated heterocycles. The summed E-state index contributed by atoms with van der Waals surface area (Å²) in [5, 5.41) is 4.34. The van der Waals surface area contributed by atoms with E-state index < -0.39 is 0 Å². The summed E-state index contributed by atoms with van der Waals surface area (Å²) in [6.07, 6.45) is 2.16. The van der Waals surface area contributed by atoms with Gasteiger partial charge in [-0.1, -0.05) is 17.7 Å². The van der Waals surface area contributed by atoms with E-state index in [1.807, 2.05) is 37.2 Å². The number of hydrogen-bond acceptors (Lipinski definition) is 3. The van der Waals surface area contributed by atoms with Gasteiger partial charge in [-0.05, 0) is 54.3 Å². The van der Waals surface area contributed by atoms with Crippen LogP contribution in [0.25, 0.3) is 0 Å². The maximum atomic E-state index is 6.33. The summed E-state index contributed by atoms with van der Waals surface area (Å²) < 4.78 is 0. The lowest BCUT2D eigenvalue weighted by Crippen LogP contribution is -2.10. The van der Waals surface area contributed by atoms with E-state index in [-0.39, 0.29) is 0 Å². The first-order valence-corrected chi connectivity index (χ1v) is 7.54. The molecule has 2 aromatic carbocycles. The molecule has 0 saturated carbocycles. The Kier molecular flexibility index (Phi) is 3.68. The van der Waals surface area contributed by atoms with Gasteiger partial charge in [-0.15, -0.1) is 0 Å². The molecule has 21 heavy (non-hydrogen) atoms. The molecule has 110 valence electrons. The minimum Gasteiger partial charge on any atom is -0.399 e. The molecule has 0 radical (unpaired) electrons. The molecule has 3 nitrogen and oxygen atoms in total. The van der Waals surface area contributed by atoms with E-state index in [9.17, 15) is 0 Å². The standard InChI is InChI=1S/C17H20ClN3/c1-21(2)17-8-5-13(10-15(17)18)20-16-7-3-11-9-12(19)4-6-14(11)16/h4-6,8-10,16,20H,3,7,19H2,1-2H3. The number of rotatable bonds is 3. The Morgan fingerprint density at radius 3 is 2.71 bits per heavy atom. The van der Waals surface area contributed by atoms with Crippen LogP contribution in [0.5, 0.6) is 0 Å². The van der Waals surface area contributed by atoms with Crippen LogP contribution in [-0.4, -0.2) is 14.1 Å². The van der Waals surface area contributed by atoms with Gasteiger partial charge in [-0.2, -0.15) is 0 Å². The molecule has 2 aromatic rings. The topological polar surface area (TPSA) is 41.3 Å². The second-order valence-corrected chi connectivity index (χ2v) is 6.16. The molecule has 3 N–H and O–H groups in total. The van der Waals surface area contributed by atoms with Gasteiger partial charge >= 0.3 is 0 Å². The van der Waals surface area contributed by atoms with Gasteiger partial charge in [-0.3, -0.25) is 0 Å². The number of anilines is 3. The van der Waals surface area contributed by atoms with Crippen molar-refractivity contribution in [2.75, 3.05) is 30.0 Å². The maximum absolute atomic E-state index is 6.33. The van der Waals surface area contributed by atoms with Gasteiger partial charge in [0.2, 0.25) is 0 Å². The smallest absolute Gasteiger partial charge is 0.0659 e. The summed E-state index contributed by atoms with van der Waals surface area (Å²) in [5.41, 5.74) is 11.5. The van der Waals surface area contributed by atoms with Crippen molar-refractivity contribution < 1.29 is 0 Å². The van der Waals surface area contributed by atoms with Gasteiger partial charge in [0, 0.05) is 25.5 Å². The lowest BCUT2D eigenvalue weighted by Gasteiger charge is -2.19. The van der Waals surface area contributed by atoms with Crippen molar-refractivity contribution in [3.05, 3.63) is 52.5 Å². The number of hydrogen-bond donors (Lipinski definition) is 2. The van der Waals surface area contributed by atoms with Crippen molar-refractivity contribution in [3.63, 3.8) is 0 Å². The molecule has 0 aliphatic heterocycles. The van der Waals surface area contributed by atoms with E-state index in [1.54, 1.807) is 0 Å². The van der Waals surface area contributed by atoms with Crippen molar-refractivity contribution in [2.45, 2.75) is 18.9 Å². The zero-order chi connectivity index (χ0) is 15.0. The molecule has 0 heterocycles. The largest absolute Gasteiger partial charge is 0.399 e. The number of nitrogens with one attached hydrogen (secondary N) is 1. The van der Waals surface area contributed by atoms with Crippen molar-refractivity contribution >= 4 is 28.7 Å². The van der Waals surface area contributed by atoms with Crippen LogP contribution < -0.4 is 16.0 Å². The SMILES string of the molecule is CN(C)c1ccc(NC2CCc3cc(N)ccc32)cc1Cl. The number of fused-ring (bicyclic) bond motifs is 1. The number of halogens is 1. The van der Waals surface area contributed by atoms with Crippen molar-refractivity contribution in [2.24, 2.45) is 0 Å². The van der Waals surface area contributed by atoms with Crippen LogP contribution in [0.4, 0.5) is 17.1 Å². The third-order valence-electron chi connectivity index (χ3n) is 4.02. The molecule has 1 atom stereocenters. The lowest BCUT2D eigenvalue weighted by atomic mass is 10.1. The molecule has 0 bridgehead atoms. The van der Waals surface area contributed by atoms with E-state index in [4.69, 9.17) is 17.3 Å². The molecule has 1 aliphatic carbocycles. The highest BCUT2D eigenvalue weighted by Gasteiger charge is 2.22. The van der Waals surface area contributed by atoms with Crippen LogP contribution in [0.3, 0.4) is 0 Å². The van der Waals surface area contributed by atoms with E-state index in [0.717, 1.165) is 34.9 Å². The van der Waals surface area contributed by atoms with Gasteiger partial charge < -0.3 is 16.0 Å². The second-order valence-electron chi connectivity index (χ2n) is 5.75. The highest BCUT2D eigenvalue weighted by Crippen LogP contribution is 2.36. The Labute approximate surface area is 130 Å². The molecule has 1 unspecified atom stereocenters. The number of benzene rings is 2. The second kappa shape index (κ2) is 5.49. The summed E-state index contributed by atoms with van der Waals surface area (Å²) in [7, 11) is 3.98. The van der Waals surface area contributed by atoms with E-state index in [1.165, 1.54) is 11.1 Å². The summed E-state index contributed by atoms with van der Waals surface area (Å²) >= 11 is 6.33. The highest BCUT2D eigenvalue weighted by molar-refractivity contribution is 6.33. The number of aryl methyl sites for hydroxylation is 1. The summed E-state index contributed by atoms with van der Waals surface area (Å²) in [6.45, 7) is 0. The lowest BCUT2D eigenvalue weighted by molar-refractivity contribution is 0.762. The Hall–Kier alpha value is -1.87. The third-order valence-corrected chi connectivity index (χ3v) is 4.32. The average Bonchev–Trinajstić information content (AvgIpc) is 2.80. The van der Waals surface area contributed by atoms with Crippen LogP contribution in [0.1, 0.15) is 23.6 Å². The first-order valence-electron chi connectivity index (χ1n) is 7.16. The predicted molar refractivity (Wildman–Crippen MR) is 91.3 cm³/mol. The number of nitrogen functional groups attached to an aromatic ring is 1. The molecular weight excluding hydrogens is 282 g/mol. The molecular formula is C17H20ClN3. The molecule has 0 amide bonds. The van der Waals surface area contributed by atoms with Crippen LogP contribution >= 0.6 is 11.6 Å². The Morgan fingerprint density at radius 2 is 2.00 bits per heavy atom. The van der Waals surface area contributed by atoms with E-state index >= 15 is 0 Å². The molecule has 4 heteroatoms. The maximum Gasteiger partial charge on any atom is 0.0659 e. The average molecular weight is 302 g/mol. The normalized spacial score (nSPS) is 16.6. The van der Waals surface area contributed by atoms with Gasteiger partial charge in [0.1, 0.15) is 0 Å². The van der Waals surface area contributed by atoms with Gasteiger partial charge in [0.25, 0.3) is 0 Å². The van der Waals surface area contributed by atoms with Crippen LogP contribution in [0.15, 0.2) is 36.4 Å². The fourth-order valence-electron chi connectivity index (χ4n) is 2.95. The van der Waals surface area contributed by atoms with Crippen molar-refractivity contribution in [1.82, 2.24) is 0 Å². The van der Waals surface area contributed by atoms with Gasteiger partial charge in [0.15, 0.2) is 0 Å². The fraction of sp³-hybridized carbons (Fsp3) is 0.294. The zero-order valence-corrected chi connectivity index (χ0v) is 13.1. The molecule has 0 aromatic heterocycles. The van der Waals surface area contributed by atoms with Gasteiger partial charge in [0.05, 0.1) is 16.8 Å². The van der Waals surface area contributed by atoms with Crippen LogP contribution in [0, 0.1) is 0 Å². The van der Waals surface area contributed by atoms with Gasteiger partial charge in [-0.25, -0.2) is 0 Å². The van der Waals surface area contributed by atoms with E-state index in [2.05, 4.69) is 23.5 Å². The Balaban J connectivity index is 1.81. The zero-order valence-electron chi connectivity index (χ0n) is 12.4. The van der Waals surface area contributed by atoms with Crippen LogP contribution in [0.2, 0.25) is 5.02 Å². The Bertz CT molecular complexity index is 667. The number of nitrogens with zero attached hydrogens (tertiary/aromatic N) is 1. The van der Waals surface area contributed by atoms with Crippen molar-refractivity contribution in [1.29, 1.82) is 0 Å². The summed E-state index contributed by atoms with van der Waals surface area (Å²) in [4.78, 5) is 2.01. The quantitative estimate of drug-likeness (QED) is 0.839. The molecule has 0 spiro atoms. The highest BCUT2D eigenvalue weighted by atomic mass is 35.5. The third kappa shape index (κ3) is 2.79. The first kappa shape index (κ1) is 14.1. The molecule has 0 fully saturated rings. The molecule has 1 aliphatic rings. The summed E-state index contributed by atoms with van der Waals surface area (Å²) in [6, 6.07) is 12.6. The minimum atomic E-state index is 0.335. The summed E-state index contributed by atoms with van der Waals surface area (Å²) in [5.74, 6) is 0. The number of nitrogens with two attached hydrogens (primary N) is 1.